The molecule has 3 aliphatic rings. The molecule has 2 amide bonds. The lowest BCUT2D eigenvalue weighted by Gasteiger charge is -2.31. The van der Waals surface area contributed by atoms with Crippen LogP contribution in [-0.4, -0.2) is 62.4 Å². The molecule has 2 aromatic carbocycles. The summed E-state index contributed by atoms with van der Waals surface area (Å²) in [6.07, 6.45) is 1.20. The predicted octanol–water partition coefficient (Wildman–Crippen LogP) is 2.02. The Labute approximate surface area is 191 Å². The lowest BCUT2D eigenvalue weighted by molar-refractivity contribution is -0.123. The fraction of sp³-hybridized carbons (Fsp3) is 0.417. The van der Waals surface area contributed by atoms with E-state index in [0.29, 0.717) is 68.6 Å². The van der Waals surface area contributed by atoms with Crippen molar-refractivity contribution in [2.45, 2.75) is 18.9 Å². The van der Waals surface area contributed by atoms with Gasteiger partial charge in [-0.3, -0.25) is 14.5 Å². The first kappa shape index (κ1) is 21.4. The largest absolute Gasteiger partial charge is 0.486 e. The zero-order valence-corrected chi connectivity index (χ0v) is 18.2. The second-order valence-electron chi connectivity index (χ2n) is 8.41. The molecule has 0 spiro atoms. The molecule has 1 saturated heterocycles. The Morgan fingerprint density at radius 2 is 1.70 bits per heavy atom. The van der Waals surface area contributed by atoms with Gasteiger partial charge in [0.2, 0.25) is 18.6 Å². The van der Waals surface area contributed by atoms with Gasteiger partial charge in [0.1, 0.15) is 12.7 Å². The van der Waals surface area contributed by atoms with E-state index in [4.69, 9.17) is 18.9 Å². The summed E-state index contributed by atoms with van der Waals surface area (Å²) in [6.45, 7) is 2.70. The molecule has 0 radical (unpaired) electrons. The molecule has 0 bridgehead atoms. The number of nitrogens with one attached hydrogen (secondary N) is 2. The molecule has 2 aromatic rings. The minimum atomic E-state index is -0.213. The highest BCUT2D eigenvalue weighted by molar-refractivity contribution is 5.93. The molecule has 9 heteroatoms. The molecule has 5 rings (SSSR count). The van der Waals surface area contributed by atoms with E-state index in [2.05, 4.69) is 15.5 Å². The fourth-order valence-electron chi connectivity index (χ4n) is 4.22. The minimum absolute atomic E-state index is 0.00676. The van der Waals surface area contributed by atoms with Crippen LogP contribution in [-0.2, 0) is 9.59 Å². The van der Waals surface area contributed by atoms with Gasteiger partial charge in [0, 0.05) is 17.7 Å². The van der Waals surface area contributed by atoms with Crippen LogP contribution in [0.15, 0.2) is 42.5 Å². The van der Waals surface area contributed by atoms with Crippen molar-refractivity contribution >= 4 is 17.5 Å². The van der Waals surface area contributed by atoms with Gasteiger partial charge in [-0.15, -0.1) is 0 Å². The second kappa shape index (κ2) is 9.58. The zero-order valence-electron chi connectivity index (χ0n) is 18.2. The van der Waals surface area contributed by atoms with Crippen LogP contribution in [0.2, 0.25) is 0 Å². The number of para-hydroxylation sites is 2. The first-order chi connectivity index (χ1) is 16.1. The molecular weight excluding hydrogens is 426 g/mol. The lowest BCUT2D eigenvalue weighted by Crippen LogP contribution is -2.46. The van der Waals surface area contributed by atoms with Gasteiger partial charge in [-0.05, 0) is 50.2 Å². The summed E-state index contributed by atoms with van der Waals surface area (Å²) in [5.74, 6) is 2.61. The number of piperidine rings is 1. The van der Waals surface area contributed by atoms with Crippen LogP contribution in [0.25, 0.3) is 0 Å². The van der Waals surface area contributed by atoms with Crippen LogP contribution in [0.4, 0.5) is 5.69 Å². The first-order valence-electron chi connectivity index (χ1n) is 11.2. The van der Waals surface area contributed by atoms with Gasteiger partial charge in [-0.25, -0.2) is 0 Å². The first-order valence-corrected chi connectivity index (χ1v) is 11.2. The molecule has 174 valence electrons. The van der Waals surface area contributed by atoms with Crippen LogP contribution in [0.5, 0.6) is 23.0 Å². The number of hydrogen-bond acceptors (Lipinski definition) is 7. The molecule has 2 N–H and O–H groups in total. The number of fused-ring (bicyclic) bond motifs is 2. The number of hydrogen-bond donors (Lipinski definition) is 2. The number of rotatable bonds is 6. The maximum atomic E-state index is 12.7. The van der Waals surface area contributed by atoms with Crippen LogP contribution in [0.3, 0.4) is 0 Å². The van der Waals surface area contributed by atoms with E-state index < -0.39 is 0 Å². The summed E-state index contributed by atoms with van der Waals surface area (Å²) in [5.41, 5.74) is 0.697. The van der Waals surface area contributed by atoms with Crippen molar-refractivity contribution in [3.05, 3.63) is 42.5 Å². The average molecular weight is 453 g/mol. The molecule has 1 fully saturated rings. The quantitative estimate of drug-likeness (QED) is 0.691. The molecule has 3 aliphatic heterocycles. The van der Waals surface area contributed by atoms with Crippen LogP contribution < -0.4 is 29.6 Å². The van der Waals surface area contributed by atoms with Gasteiger partial charge in [0.15, 0.2) is 23.0 Å². The van der Waals surface area contributed by atoms with Gasteiger partial charge >= 0.3 is 0 Å². The molecular formula is C24H27N3O6. The minimum Gasteiger partial charge on any atom is -0.486 e. The third-order valence-corrected chi connectivity index (χ3v) is 6.06. The molecule has 3 heterocycles. The van der Waals surface area contributed by atoms with Gasteiger partial charge in [-0.1, -0.05) is 12.1 Å². The highest BCUT2D eigenvalue weighted by atomic mass is 16.7. The standard InChI is InChI=1S/C24H27N3O6/c28-23(25-12-18-14-30-19-3-1-2-4-21(19)33-18)13-27-9-7-16(8-10-27)24(29)26-17-5-6-20-22(11-17)32-15-31-20/h1-6,11,16,18H,7-10,12-15H2,(H,25,28)(H,26,29). The van der Waals surface area contributed by atoms with E-state index in [1.165, 1.54) is 0 Å². The number of ether oxygens (including phenoxy) is 4. The predicted molar refractivity (Wildman–Crippen MR) is 120 cm³/mol. The SMILES string of the molecule is O=C(CN1CCC(C(=O)Nc2ccc3c(c2)OCO3)CC1)NCC1COc2ccccc2O1. The number of carbonyl (C=O) groups is 2. The number of benzene rings is 2. The molecule has 33 heavy (non-hydrogen) atoms. The molecule has 1 atom stereocenters. The number of nitrogens with zero attached hydrogens (tertiary/aromatic N) is 1. The molecule has 0 aromatic heterocycles. The maximum Gasteiger partial charge on any atom is 0.234 e. The van der Waals surface area contributed by atoms with Gasteiger partial charge < -0.3 is 29.6 Å². The molecule has 9 nitrogen and oxygen atoms in total. The van der Waals surface area contributed by atoms with E-state index in [9.17, 15) is 9.59 Å². The molecule has 0 saturated carbocycles. The third-order valence-electron chi connectivity index (χ3n) is 6.06. The summed E-state index contributed by atoms with van der Waals surface area (Å²) in [4.78, 5) is 27.1. The van der Waals surface area contributed by atoms with Gasteiger partial charge in [0.05, 0.1) is 13.1 Å². The Bertz CT molecular complexity index is 1020. The van der Waals surface area contributed by atoms with Crippen molar-refractivity contribution in [2.75, 3.05) is 44.9 Å². The average Bonchev–Trinajstić information content (AvgIpc) is 3.31. The maximum absolute atomic E-state index is 12.7. The topological polar surface area (TPSA) is 98.4 Å². The number of likely N-dealkylation sites (tertiary alicyclic amines) is 1. The summed E-state index contributed by atoms with van der Waals surface area (Å²) in [7, 11) is 0. The van der Waals surface area contributed by atoms with E-state index in [1.54, 1.807) is 12.1 Å². The molecule has 0 aliphatic carbocycles. The summed E-state index contributed by atoms with van der Waals surface area (Å²) in [5, 5.41) is 5.89. The van der Waals surface area contributed by atoms with Crippen molar-refractivity contribution < 1.29 is 28.5 Å². The third kappa shape index (κ3) is 5.14. The molecule has 1 unspecified atom stereocenters. The van der Waals surface area contributed by atoms with Gasteiger partial charge in [0.25, 0.3) is 0 Å². The Kier molecular flexibility index (Phi) is 6.21. The highest BCUT2D eigenvalue weighted by Crippen LogP contribution is 2.34. The Morgan fingerprint density at radius 1 is 0.939 bits per heavy atom. The van der Waals surface area contributed by atoms with Crippen LogP contribution in [0, 0.1) is 5.92 Å². The van der Waals surface area contributed by atoms with Gasteiger partial charge in [-0.2, -0.15) is 0 Å². The van der Waals surface area contributed by atoms with Crippen molar-refractivity contribution in [2.24, 2.45) is 5.92 Å². The monoisotopic (exact) mass is 453 g/mol. The summed E-state index contributed by atoms with van der Waals surface area (Å²) >= 11 is 0. The van der Waals surface area contributed by atoms with Crippen molar-refractivity contribution in [1.29, 1.82) is 0 Å². The van der Waals surface area contributed by atoms with Crippen molar-refractivity contribution in [3.63, 3.8) is 0 Å². The van der Waals surface area contributed by atoms with E-state index in [0.717, 1.165) is 5.75 Å². The van der Waals surface area contributed by atoms with Crippen molar-refractivity contribution in [1.82, 2.24) is 10.2 Å². The summed E-state index contributed by atoms with van der Waals surface area (Å²) in [6, 6.07) is 12.9. The van der Waals surface area contributed by atoms with Crippen LogP contribution >= 0.6 is 0 Å². The van der Waals surface area contributed by atoms with E-state index >= 15 is 0 Å². The number of carbonyl (C=O) groups excluding carboxylic acids is 2. The normalized spacial score (nSPS) is 19.7. The zero-order chi connectivity index (χ0) is 22.6. The lowest BCUT2D eigenvalue weighted by atomic mass is 9.95. The number of amides is 2. The number of anilines is 1. The fourth-order valence-corrected chi connectivity index (χ4v) is 4.22. The van der Waals surface area contributed by atoms with E-state index in [-0.39, 0.29) is 30.6 Å². The Hall–Kier alpha value is -3.46. The Balaban J connectivity index is 1.02. The van der Waals surface area contributed by atoms with Crippen LogP contribution in [0.1, 0.15) is 12.8 Å². The smallest absolute Gasteiger partial charge is 0.234 e. The Morgan fingerprint density at radius 3 is 2.55 bits per heavy atom. The second-order valence-corrected chi connectivity index (χ2v) is 8.41. The van der Waals surface area contributed by atoms with E-state index in [1.807, 2.05) is 30.3 Å². The highest BCUT2D eigenvalue weighted by Gasteiger charge is 2.27. The van der Waals surface area contributed by atoms with Crippen molar-refractivity contribution in [3.8, 4) is 23.0 Å². The summed E-state index contributed by atoms with van der Waals surface area (Å²) < 4.78 is 22.2.